The van der Waals surface area contributed by atoms with Gasteiger partial charge >= 0.3 is 0 Å². The number of Topliss-reactive ketones (excluding diaryl/α,β-unsaturated/α-hetero) is 1. The van der Waals surface area contributed by atoms with E-state index in [-0.39, 0.29) is 11.7 Å². The van der Waals surface area contributed by atoms with Crippen LogP contribution in [0.2, 0.25) is 0 Å². The number of carbonyl (C=O) groups excluding carboxylic acids is 1. The van der Waals surface area contributed by atoms with E-state index >= 15 is 0 Å². The Bertz CT molecular complexity index is 278. The van der Waals surface area contributed by atoms with E-state index in [4.69, 9.17) is 0 Å². The monoisotopic (exact) mass is 166 g/mol. The van der Waals surface area contributed by atoms with E-state index in [0.717, 1.165) is 12.1 Å². The fourth-order valence-corrected chi connectivity index (χ4v) is 1.03. The van der Waals surface area contributed by atoms with Crippen LogP contribution in [-0.2, 0) is 18.3 Å². The quantitative estimate of drug-likeness (QED) is 0.676. The first-order valence-electron chi connectivity index (χ1n) is 4.07. The zero-order valence-corrected chi connectivity index (χ0v) is 7.74. The lowest BCUT2D eigenvalue weighted by molar-refractivity contribution is -0.120. The third-order valence-electron chi connectivity index (χ3n) is 1.97. The maximum Gasteiger partial charge on any atom is 0.133 e. The molecule has 0 aliphatic rings. The molecule has 1 aromatic heterocycles. The number of hydrogen-bond acceptors (Lipinski definition) is 2. The van der Waals surface area contributed by atoms with Gasteiger partial charge in [0, 0.05) is 25.6 Å². The molecule has 3 heteroatoms. The molecule has 0 bridgehead atoms. The molecule has 0 spiro atoms. The normalized spacial score (nSPS) is 12.9. The zero-order valence-electron chi connectivity index (χ0n) is 7.74. The molecule has 1 aromatic rings. The highest BCUT2D eigenvalue weighted by Gasteiger charge is 2.09. The fraction of sp³-hybridized carbons (Fsp3) is 0.556. The Hall–Kier alpha value is -1.12. The second-order valence-corrected chi connectivity index (χ2v) is 3.25. The second kappa shape index (κ2) is 3.52. The number of rotatable bonds is 3. The van der Waals surface area contributed by atoms with Crippen LogP contribution in [0.25, 0.3) is 0 Å². The topological polar surface area (TPSA) is 34.9 Å². The molecule has 0 aromatic carbocycles. The van der Waals surface area contributed by atoms with Crippen LogP contribution >= 0.6 is 0 Å². The second-order valence-electron chi connectivity index (χ2n) is 3.25. The summed E-state index contributed by atoms with van der Waals surface area (Å²) in [6.07, 6.45) is 4.44. The third kappa shape index (κ3) is 2.19. The Kier molecular flexibility index (Phi) is 2.63. The molecule has 0 amide bonds. The average Bonchev–Trinajstić information content (AvgIpc) is 2.35. The highest BCUT2D eigenvalue weighted by atomic mass is 16.1. The predicted molar refractivity (Wildman–Crippen MR) is 46.8 cm³/mol. The van der Waals surface area contributed by atoms with Gasteiger partial charge in [-0.25, -0.2) is 4.98 Å². The Morgan fingerprint density at radius 3 is 2.83 bits per heavy atom. The van der Waals surface area contributed by atoms with Crippen molar-refractivity contribution in [1.82, 2.24) is 9.55 Å². The summed E-state index contributed by atoms with van der Waals surface area (Å²) in [7, 11) is 1.93. The van der Waals surface area contributed by atoms with Gasteiger partial charge in [-0.05, 0) is 6.92 Å². The van der Waals surface area contributed by atoms with Crippen molar-refractivity contribution in [3.63, 3.8) is 0 Å². The van der Waals surface area contributed by atoms with Crippen LogP contribution in [0, 0.1) is 5.92 Å². The van der Waals surface area contributed by atoms with Gasteiger partial charge in [-0.2, -0.15) is 0 Å². The molecular weight excluding hydrogens is 152 g/mol. The van der Waals surface area contributed by atoms with Crippen molar-refractivity contribution in [2.24, 2.45) is 13.0 Å². The molecule has 1 rings (SSSR count). The van der Waals surface area contributed by atoms with Crippen LogP contribution in [-0.4, -0.2) is 15.3 Å². The molecule has 1 unspecified atom stereocenters. The summed E-state index contributed by atoms with van der Waals surface area (Å²) in [5.74, 6) is 0.306. The molecule has 0 fully saturated rings. The van der Waals surface area contributed by atoms with Crippen LogP contribution in [0.15, 0.2) is 12.5 Å². The van der Waals surface area contributed by atoms with E-state index in [1.165, 1.54) is 0 Å². The van der Waals surface area contributed by atoms with E-state index in [1.807, 2.05) is 24.7 Å². The van der Waals surface area contributed by atoms with Gasteiger partial charge < -0.3 is 4.57 Å². The van der Waals surface area contributed by atoms with Crippen molar-refractivity contribution in [3.05, 3.63) is 18.2 Å². The summed E-state index contributed by atoms with van der Waals surface area (Å²) in [5, 5.41) is 0. The first-order chi connectivity index (χ1) is 5.59. The van der Waals surface area contributed by atoms with Crippen molar-refractivity contribution in [3.8, 4) is 0 Å². The predicted octanol–water partition coefficient (Wildman–Crippen LogP) is 1.19. The minimum Gasteiger partial charge on any atom is -0.340 e. The lowest BCUT2D eigenvalue weighted by atomic mass is 10.0. The maximum absolute atomic E-state index is 10.9. The van der Waals surface area contributed by atoms with Gasteiger partial charge in [0.15, 0.2) is 0 Å². The van der Waals surface area contributed by atoms with Gasteiger partial charge in [-0.3, -0.25) is 4.79 Å². The first-order valence-corrected chi connectivity index (χ1v) is 4.07. The van der Waals surface area contributed by atoms with Crippen molar-refractivity contribution < 1.29 is 4.79 Å². The van der Waals surface area contributed by atoms with Crippen LogP contribution in [0.5, 0.6) is 0 Å². The third-order valence-corrected chi connectivity index (χ3v) is 1.97. The summed E-state index contributed by atoms with van der Waals surface area (Å²) in [4.78, 5) is 15.1. The standard InChI is InChI=1S/C9H14N2O/c1-7(8(2)12)4-9-5-11(3)6-10-9/h5-7H,4H2,1-3H3. The molecule has 0 N–H and O–H groups in total. The molecule has 0 saturated heterocycles. The highest BCUT2D eigenvalue weighted by Crippen LogP contribution is 2.06. The van der Waals surface area contributed by atoms with Gasteiger partial charge in [0.25, 0.3) is 0 Å². The number of imidazole rings is 1. The molecule has 0 saturated carbocycles. The van der Waals surface area contributed by atoms with Crippen LogP contribution < -0.4 is 0 Å². The number of carbonyl (C=O) groups is 1. The lowest BCUT2D eigenvalue weighted by Crippen LogP contribution is -2.09. The van der Waals surface area contributed by atoms with Crippen molar-refractivity contribution in [2.75, 3.05) is 0 Å². The SMILES string of the molecule is CC(=O)C(C)Cc1cn(C)cn1. The molecule has 0 radical (unpaired) electrons. The van der Waals surface area contributed by atoms with Gasteiger partial charge in [0.05, 0.1) is 12.0 Å². The fourth-order valence-electron chi connectivity index (χ4n) is 1.03. The Morgan fingerprint density at radius 1 is 1.75 bits per heavy atom. The largest absolute Gasteiger partial charge is 0.340 e. The highest BCUT2D eigenvalue weighted by molar-refractivity contribution is 5.78. The Balaban J connectivity index is 2.58. The van der Waals surface area contributed by atoms with E-state index < -0.39 is 0 Å². The minimum atomic E-state index is 0.0832. The Labute approximate surface area is 72.4 Å². The van der Waals surface area contributed by atoms with E-state index in [2.05, 4.69) is 4.98 Å². The average molecular weight is 166 g/mol. The van der Waals surface area contributed by atoms with Gasteiger partial charge in [0.1, 0.15) is 5.78 Å². The minimum absolute atomic E-state index is 0.0832. The van der Waals surface area contributed by atoms with Crippen molar-refractivity contribution in [1.29, 1.82) is 0 Å². The van der Waals surface area contributed by atoms with Crippen molar-refractivity contribution >= 4 is 5.78 Å². The first kappa shape index (κ1) is 8.97. The molecule has 66 valence electrons. The number of aryl methyl sites for hydroxylation is 1. The zero-order chi connectivity index (χ0) is 9.14. The summed E-state index contributed by atoms with van der Waals surface area (Å²) in [5.41, 5.74) is 0.986. The molecule has 3 nitrogen and oxygen atoms in total. The summed E-state index contributed by atoms with van der Waals surface area (Å²) in [6.45, 7) is 3.55. The number of hydrogen-bond donors (Lipinski definition) is 0. The molecule has 0 aliphatic heterocycles. The molecule has 12 heavy (non-hydrogen) atoms. The molecule has 0 aliphatic carbocycles. The number of ketones is 1. The number of aromatic nitrogens is 2. The summed E-state index contributed by atoms with van der Waals surface area (Å²) < 4.78 is 1.89. The van der Waals surface area contributed by atoms with E-state index in [0.29, 0.717) is 0 Å². The smallest absolute Gasteiger partial charge is 0.133 e. The lowest BCUT2D eigenvalue weighted by Gasteiger charge is -2.02. The van der Waals surface area contributed by atoms with E-state index in [1.54, 1.807) is 13.3 Å². The van der Waals surface area contributed by atoms with Gasteiger partial charge in [-0.15, -0.1) is 0 Å². The van der Waals surface area contributed by atoms with E-state index in [9.17, 15) is 4.79 Å². The Morgan fingerprint density at radius 2 is 2.42 bits per heavy atom. The molecule has 1 heterocycles. The summed E-state index contributed by atoms with van der Waals surface area (Å²) >= 11 is 0. The van der Waals surface area contributed by atoms with Crippen LogP contribution in [0.1, 0.15) is 19.5 Å². The van der Waals surface area contributed by atoms with Gasteiger partial charge in [0.2, 0.25) is 0 Å². The van der Waals surface area contributed by atoms with Crippen molar-refractivity contribution in [2.45, 2.75) is 20.3 Å². The van der Waals surface area contributed by atoms with Gasteiger partial charge in [-0.1, -0.05) is 6.92 Å². The van der Waals surface area contributed by atoms with Crippen LogP contribution in [0.4, 0.5) is 0 Å². The summed E-state index contributed by atoms with van der Waals surface area (Å²) in [6, 6.07) is 0. The molecule has 1 atom stereocenters. The molecular formula is C9H14N2O. The maximum atomic E-state index is 10.9. The van der Waals surface area contributed by atoms with Crippen LogP contribution in [0.3, 0.4) is 0 Å². The number of nitrogens with zero attached hydrogens (tertiary/aromatic N) is 2.